The van der Waals surface area contributed by atoms with E-state index in [-0.39, 0.29) is 0 Å². The van der Waals surface area contributed by atoms with Crippen LogP contribution in [0.3, 0.4) is 0 Å². The molecule has 1 aromatic carbocycles. The fraction of sp³-hybridized carbons (Fsp3) is 0.0556. The van der Waals surface area contributed by atoms with E-state index in [1.165, 1.54) is 13.3 Å². The number of fused-ring (bicyclic) bond motifs is 3. The van der Waals surface area contributed by atoms with E-state index in [2.05, 4.69) is 16.0 Å². The Kier molecular flexibility index (Phi) is 3.05. The van der Waals surface area contributed by atoms with E-state index < -0.39 is 5.97 Å². The van der Waals surface area contributed by atoms with E-state index >= 15 is 0 Å². The highest BCUT2D eigenvalue weighted by Gasteiger charge is 2.18. The smallest absolute Gasteiger partial charge is 0.341 e. The molecule has 0 unspecified atom stereocenters. The van der Waals surface area contributed by atoms with Crippen LogP contribution in [0.25, 0.3) is 27.5 Å². The normalized spacial score (nSPS) is 11.0. The second kappa shape index (κ2) is 5.21. The fourth-order valence-electron chi connectivity index (χ4n) is 2.92. The quantitative estimate of drug-likeness (QED) is 0.533. The van der Waals surface area contributed by atoms with Crippen molar-refractivity contribution in [3.8, 4) is 5.69 Å². The van der Waals surface area contributed by atoms with Gasteiger partial charge in [-0.2, -0.15) is 0 Å². The molecule has 0 saturated heterocycles. The van der Waals surface area contributed by atoms with Gasteiger partial charge in [0.1, 0.15) is 5.56 Å². The number of hydrogen-bond acceptors (Lipinski definition) is 4. The number of aromatic nitrogens is 3. The molecule has 5 heteroatoms. The molecule has 0 aliphatic rings. The van der Waals surface area contributed by atoms with Gasteiger partial charge in [0.25, 0.3) is 0 Å². The summed E-state index contributed by atoms with van der Waals surface area (Å²) in [7, 11) is 1.37. The number of nitrogens with zero attached hydrogens (tertiary/aromatic N) is 3. The van der Waals surface area contributed by atoms with Crippen molar-refractivity contribution in [3.05, 3.63) is 66.7 Å². The van der Waals surface area contributed by atoms with E-state index in [0.29, 0.717) is 5.56 Å². The molecule has 0 radical (unpaired) electrons. The first-order chi connectivity index (χ1) is 11.3. The lowest BCUT2D eigenvalue weighted by Crippen LogP contribution is -2.08. The Morgan fingerprint density at radius 2 is 1.70 bits per heavy atom. The Bertz CT molecular complexity index is 983. The Hall–Kier alpha value is -3.21. The van der Waals surface area contributed by atoms with Crippen molar-refractivity contribution in [2.24, 2.45) is 0 Å². The molecule has 4 rings (SSSR count). The van der Waals surface area contributed by atoms with E-state index in [1.54, 1.807) is 12.4 Å². The van der Waals surface area contributed by atoms with Crippen LogP contribution in [0, 0.1) is 0 Å². The average Bonchev–Trinajstić information content (AvgIpc) is 2.95. The van der Waals surface area contributed by atoms with Crippen molar-refractivity contribution in [2.45, 2.75) is 0 Å². The maximum Gasteiger partial charge on any atom is 0.341 e. The third-order valence-electron chi connectivity index (χ3n) is 3.92. The van der Waals surface area contributed by atoms with Crippen LogP contribution in [0.2, 0.25) is 0 Å². The molecule has 0 aliphatic carbocycles. The second-order valence-electron chi connectivity index (χ2n) is 5.13. The van der Waals surface area contributed by atoms with Crippen LogP contribution in [0.4, 0.5) is 0 Å². The molecule has 0 aliphatic heterocycles. The molecule has 3 heterocycles. The predicted molar refractivity (Wildman–Crippen MR) is 87.7 cm³/mol. The molecule has 23 heavy (non-hydrogen) atoms. The molecule has 0 spiro atoms. The summed E-state index contributed by atoms with van der Waals surface area (Å²) in [6.07, 6.45) is 6.79. The third kappa shape index (κ3) is 1.97. The number of ether oxygens (including phenoxy) is 1. The highest BCUT2D eigenvalue weighted by Crippen LogP contribution is 2.32. The van der Waals surface area contributed by atoms with Crippen LogP contribution in [0.5, 0.6) is 0 Å². The highest BCUT2D eigenvalue weighted by atomic mass is 16.5. The zero-order valence-electron chi connectivity index (χ0n) is 12.4. The zero-order chi connectivity index (χ0) is 15.8. The molecule has 4 aromatic rings. The molecule has 0 saturated carbocycles. The number of methoxy groups -OCH3 is 1. The summed E-state index contributed by atoms with van der Waals surface area (Å²) in [5.41, 5.74) is 3.16. The van der Waals surface area contributed by atoms with E-state index in [4.69, 9.17) is 4.74 Å². The number of rotatable bonds is 2. The standard InChI is InChI=1S/C18H13N3O2/c1-23-18(22)14-11-20-9-7-17(14)21-15-5-3-2-4-12(15)13-10-19-8-6-16(13)21/h2-11H,1H3. The Labute approximate surface area is 132 Å². The average molecular weight is 303 g/mol. The van der Waals surface area contributed by atoms with Gasteiger partial charge in [-0.3, -0.25) is 9.97 Å². The fourth-order valence-corrected chi connectivity index (χ4v) is 2.92. The highest BCUT2D eigenvalue weighted by molar-refractivity contribution is 6.09. The first kappa shape index (κ1) is 13.5. The van der Waals surface area contributed by atoms with Gasteiger partial charge in [-0.25, -0.2) is 4.79 Å². The van der Waals surface area contributed by atoms with Crippen molar-refractivity contribution < 1.29 is 9.53 Å². The Morgan fingerprint density at radius 1 is 0.957 bits per heavy atom. The monoisotopic (exact) mass is 303 g/mol. The summed E-state index contributed by atoms with van der Waals surface area (Å²) in [6, 6.07) is 11.8. The summed E-state index contributed by atoms with van der Waals surface area (Å²) in [5.74, 6) is -0.409. The third-order valence-corrected chi connectivity index (χ3v) is 3.92. The lowest BCUT2D eigenvalue weighted by molar-refractivity contribution is 0.0600. The lowest BCUT2D eigenvalue weighted by Gasteiger charge is -2.11. The minimum atomic E-state index is -0.409. The number of pyridine rings is 2. The van der Waals surface area contributed by atoms with Crippen molar-refractivity contribution >= 4 is 27.8 Å². The van der Waals surface area contributed by atoms with Gasteiger partial charge < -0.3 is 9.30 Å². The van der Waals surface area contributed by atoms with Crippen LogP contribution in [0.1, 0.15) is 10.4 Å². The summed E-state index contributed by atoms with van der Waals surface area (Å²) in [4.78, 5) is 20.4. The van der Waals surface area contributed by atoms with E-state index in [0.717, 1.165) is 27.5 Å². The molecule has 0 N–H and O–H groups in total. The van der Waals surface area contributed by atoms with Gasteiger partial charge in [-0.15, -0.1) is 0 Å². The van der Waals surface area contributed by atoms with Gasteiger partial charge in [-0.05, 0) is 18.2 Å². The van der Waals surface area contributed by atoms with Crippen molar-refractivity contribution in [3.63, 3.8) is 0 Å². The first-order valence-corrected chi connectivity index (χ1v) is 7.17. The van der Waals surface area contributed by atoms with Crippen molar-refractivity contribution in [1.29, 1.82) is 0 Å². The largest absolute Gasteiger partial charge is 0.465 e. The van der Waals surface area contributed by atoms with Gasteiger partial charge in [-0.1, -0.05) is 18.2 Å². The maximum absolute atomic E-state index is 12.1. The molecule has 0 bridgehead atoms. The lowest BCUT2D eigenvalue weighted by atomic mass is 10.2. The summed E-state index contributed by atoms with van der Waals surface area (Å²) in [5, 5.41) is 2.12. The predicted octanol–water partition coefficient (Wildman–Crippen LogP) is 3.36. The zero-order valence-corrected chi connectivity index (χ0v) is 12.4. The molecule has 0 amide bonds. The van der Waals surface area contributed by atoms with Crippen LogP contribution < -0.4 is 0 Å². The maximum atomic E-state index is 12.1. The molecule has 3 aromatic heterocycles. The Morgan fingerprint density at radius 3 is 2.57 bits per heavy atom. The number of esters is 1. The Balaban J connectivity index is 2.16. The number of benzene rings is 1. The summed E-state index contributed by atoms with van der Waals surface area (Å²) < 4.78 is 6.94. The van der Waals surface area contributed by atoms with E-state index in [9.17, 15) is 4.79 Å². The molecule has 0 fully saturated rings. The van der Waals surface area contributed by atoms with Crippen LogP contribution in [-0.4, -0.2) is 27.6 Å². The van der Waals surface area contributed by atoms with Gasteiger partial charge in [0, 0.05) is 35.6 Å². The molecule has 5 nitrogen and oxygen atoms in total. The van der Waals surface area contributed by atoms with Gasteiger partial charge in [0.15, 0.2) is 0 Å². The van der Waals surface area contributed by atoms with Crippen LogP contribution >= 0.6 is 0 Å². The minimum absolute atomic E-state index is 0.409. The van der Waals surface area contributed by atoms with Gasteiger partial charge >= 0.3 is 5.97 Å². The summed E-state index contributed by atoms with van der Waals surface area (Å²) in [6.45, 7) is 0. The number of carbonyl (C=O) groups is 1. The number of para-hydroxylation sites is 1. The van der Waals surface area contributed by atoms with Gasteiger partial charge in [0.05, 0.1) is 23.8 Å². The molecular formula is C18H13N3O2. The van der Waals surface area contributed by atoms with Gasteiger partial charge in [0.2, 0.25) is 0 Å². The number of hydrogen-bond donors (Lipinski definition) is 0. The second-order valence-corrected chi connectivity index (χ2v) is 5.13. The van der Waals surface area contributed by atoms with Crippen LogP contribution in [0.15, 0.2) is 61.2 Å². The summed E-state index contributed by atoms with van der Waals surface area (Å²) >= 11 is 0. The van der Waals surface area contributed by atoms with Crippen LogP contribution in [-0.2, 0) is 4.74 Å². The first-order valence-electron chi connectivity index (χ1n) is 7.17. The van der Waals surface area contributed by atoms with E-state index in [1.807, 2.05) is 41.1 Å². The number of carbonyl (C=O) groups excluding carboxylic acids is 1. The minimum Gasteiger partial charge on any atom is -0.465 e. The molecule has 112 valence electrons. The van der Waals surface area contributed by atoms with Crippen molar-refractivity contribution in [2.75, 3.05) is 7.11 Å². The molecular weight excluding hydrogens is 290 g/mol. The van der Waals surface area contributed by atoms with Crippen molar-refractivity contribution in [1.82, 2.24) is 14.5 Å². The SMILES string of the molecule is COC(=O)c1cnccc1-n1c2ccccc2c2cnccc21. The topological polar surface area (TPSA) is 57.0 Å². The molecule has 0 atom stereocenters.